The highest BCUT2D eigenvalue weighted by Crippen LogP contribution is 2.41. The van der Waals surface area contributed by atoms with Gasteiger partial charge in [0.1, 0.15) is 11.4 Å². The fraction of sp³-hybridized carbons (Fsp3) is 0.478. The summed E-state index contributed by atoms with van der Waals surface area (Å²) in [6.07, 6.45) is 12.3. The average molecular weight is 437 g/mol. The second-order valence-electron chi connectivity index (χ2n) is 8.44. The highest BCUT2D eigenvalue weighted by molar-refractivity contribution is 7.99. The Morgan fingerprint density at radius 2 is 1.07 bits per heavy atom. The largest absolute Gasteiger partial charge is 1.00 e. The summed E-state index contributed by atoms with van der Waals surface area (Å²) in [5.74, 6) is 0. The van der Waals surface area contributed by atoms with E-state index in [1.165, 1.54) is 83.7 Å². The van der Waals surface area contributed by atoms with Gasteiger partial charge < -0.3 is 35.4 Å². The summed E-state index contributed by atoms with van der Waals surface area (Å²) in [7, 11) is 0. The molecule has 5 rings (SSSR count). The van der Waals surface area contributed by atoms with Crippen LogP contribution in [0.25, 0.3) is 0 Å². The first-order valence-corrected chi connectivity index (χ1v) is 11.3. The van der Waals surface area contributed by atoms with E-state index in [0.29, 0.717) is 0 Å². The summed E-state index contributed by atoms with van der Waals surface area (Å²) in [5, 5.41) is 5.04. The van der Waals surface area contributed by atoms with Crippen LogP contribution < -0.4 is 35.4 Å². The monoisotopic (exact) mass is 436 g/mol. The minimum absolute atomic E-state index is 0. The SMILES string of the molecule is [Cl-].[Cl-].c1cc2c(cc1[NH2+]C1CCCC1)Sc1cc([NH2+]C3CCCC3)ccc1C2. The van der Waals surface area contributed by atoms with Gasteiger partial charge in [-0.3, -0.25) is 0 Å². The minimum atomic E-state index is 0. The molecule has 4 N–H and O–H groups in total. The van der Waals surface area contributed by atoms with Gasteiger partial charge in [0, 0.05) is 21.9 Å². The van der Waals surface area contributed by atoms with Gasteiger partial charge >= 0.3 is 0 Å². The first-order valence-electron chi connectivity index (χ1n) is 10.5. The van der Waals surface area contributed by atoms with Gasteiger partial charge in [-0.15, -0.1) is 0 Å². The van der Waals surface area contributed by atoms with Crippen LogP contribution in [0.15, 0.2) is 46.2 Å². The molecular weight excluding hydrogens is 407 g/mol. The molecule has 0 unspecified atom stereocenters. The lowest BCUT2D eigenvalue weighted by molar-refractivity contribution is -0.609. The van der Waals surface area contributed by atoms with Crippen molar-refractivity contribution in [2.45, 2.75) is 79.7 Å². The van der Waals surface area contributed by atoms with E-state index in [1.54, 1.807) is 0 Å². The first-order chi connectivity index (χ1) is 12.8. The molecule has 0 aromatic heterocycles. The summed E-state index contributed by atoms with van der Waals surface area (Å²) in [6.45, 7) is 0. The molecule has 152 valence electrons. The quantitative estimate of drug-likeness (QED) is 0.456. The summed E-state index contributed by atoms with van der Waals surface area (Å²) >= 11 is 1.99. The standard InChI is InChI=1S/C23H28N2S.2ClH/c1-2-6-18(5-1)24-20-11-9-16-13-17-10-12-21(25-19-7-3-4-8-19)15-23(17)26-22(16)14-20;;/h9-12,14-15,18-19,24-25H,1-8,13H2;2*1H. The van der Waals surface area contributed by atoms with Gasteiger partial charge in [0.05, 0.1) is 12.1 Å². The summed E-state index contributed by atoms with van der Waals surface area (Å²) < 4.78 is 0. The zero-order valence-corrected chi connectivity index (χ0v) is 18.6. The first kappa shape index (κ1) is 22.0. The predicted molar refractivity (Wildman–Crippen MR) is 107 cm³/mol. The number of fused-ring (bicyclic) bond motifs is 2. The van der Waals surface area contributed by atoms with Gasteiger partial charge in [0.15, 0.2) is 0 Å². The lowest BCUT2D eigenvalue weighted by atomic mass is 10.0. The molecule has 28 heavy (non-hydrogen) atoms. The maximum atomic E-state index is 2.52. The fourth-order valence-corrected chi connectivity index (χ4v) is 6.12. The molecule has 0 amide bonds. The molecule has 2 fully saturated rings. The van der Waals surface area contributed by atoms with Crippen LogP contribution in [0.5, 0.6) is 0 Å². The van der Waals surface area contributed by atoms with E-state index in [1.807, 2.05) is 11.8 Å². The molecular formula is C23H30Cl2N2S. The van der Waals surface area contributed by atoms with Crippen molar-refractivity contribution in [3.63, 3.8) is 0 Å². The number of halogens is 2. The Balaban J connectivity index is 0.00000112. The Labute approximate surface area is 185 Å². The van der Waals surface area contributed by atoms with Crippen LogP contribution >= 0.6 is 11.8 Å². The molecule has 2 aromatic rings. The van der Waals surface area contributed by atoms with Gasteiger partial charge in [-0.25, -0.2) is 0 Å². The number of hydrogen-bond acceptors (Lipinski definition) is 1. The molecule has 5 heteroatoms. The van der Waals surface area contributed by atoms with E-state index in [-0.39, 0.29) is 24.8 Å². The van der Waals surface area contributed by atoms with Gasteiger partial charge in [-0.2, -0.15) is 0 Å². The maximum absolute atomic E-state index is 2.52. The fourth-order valence-electron chi connectivity index (χ4n) is 4.95. The van der Waals surface area contributed by atoms with Gasteiger partial charge in [-0.05, 0) is 81.0 Å². The van der Waals surface area contributed by atoms with Crippen molar-refractivity contribution in [2.24, 2.45) is 0 Å². The number of rotatable bonds is 4. The van der Waals surface area contributed by atoms with Crippen LogP contribution in [0.3, 0.4) is 0 Å². The van der Waals surface area contributed by atoms with Gasteiger partial charge in [0.25, 0.3) is 0 Å². The van der Waals surface area contributed by atoms with Crippen molar-refractivity contribution in [3.05, 3.63) is 47.5 Å². The molecule has 1 aliphatic heterocycles. The molecule has 0 saturated heterocycles. The maximum Gasteiger partial charge on any atom is 0.130 e. The topological polar surface area (TPSA) is 33.2 Å². The number of nitrogens with two attached hydrogens (primary N) is 2. The summed E-state index contributed by atoms with van der Waals surface area (Å²) in [5.41, 5.74) is 5.86. The minimum Gasteiger partial charge on any atom is -1.00 e. The average Bonchev–Trinajstić information content (AvgIpc) is 3.34. The number of hydrogen-bond donors (Lipinski definition) is 2. The van der Waals surface area contributed by atoms with E-state index >= 15 is 0 Å². The Morgan fingerprint density at radius 3 is 1.50 bits per heavy atom. The second kappa shape index (κ2) is 9.86. The highest BCUT2D eigenvalue weighted by Gasteiger charge is 2.23. The smallest absolute Gasteiger partial charge is 0.130 e. The molecule has 2 aliphatic carbocycles. The van der Waals surface area contributed by atoms with Crippen LogP contribution in [0, 0.1) is 0 Å². The molecule has 3 aliphatic rings. The molecule has 1 heterocycles. The van der Waals surface area contributed by atoms with Crippen molar-refractivity contribution in [1.29, 1.82) is 0 Å². The lowest BCUT2D eigenvalue weighted by Gasteiger charge is -2.20. The molecule has 0 atom stereocenters. The highest BCUT2D eigenvalue weighted by atomic mass is 35.5. The Hall–Kier alpha value is -0.710. The van der Waals surface area contributed by atoms with Crippen LogP contribution in [0.4, 0.5) is 11.4 Å². The van der Waals surface area contributed by atoms with Crippen molar-refractivity contribution < 1.29 is 35.4 Å². The normalized spacial score (nSPS) is 18.9. The van der Waals surface area contributed by atoms with Crippen molar-refractivity contribution >= 4 is 23.1 Å². The van der Waals surface area contributed by atoms with Gasteiger partial charge in [0.2, 0.25) is 0 Å². The zero-order valence-electron chi connectivity index (χ0n) is 16.3. The van der Waals surface area contributed by atoms with Crippen LogP contribution in [0.2, 0.25) is 0 Å². The van der Waals surface area contributed by atoms with E-state index < -0.39 is 0 Å². The Morgan fingerprint density at radius 1 is 0.643 bits per heavy atom. The third-order valence-electron chi connectivity index (χ3n) is 6.44. The van der Waals surface area contributed by atoms with E-state index in [0.717, 1.165) is 18.5 Å². The third-order valence-corrected chi connectivity index (χ3v) is 7.64. The van der Waals surface area contributed by atoms with Crippen molar-refractivity contribution in [3.8, 4) is 0 Å². The van der Waals surface area contributed by atoms with Crippen LogP contribution in [-0.4, -0.2) is 12.1 Å². The van der Waals surface area contributed by atoms with Crippen LogP contribution in [0.1, 0.15) is 62.5 Å². The van der Waals surface area contributed by atoms with Crippen molar-refractivity contribution in [1.82, 2.24) is 0 Å². The molecule has 0 spiro atoms. The Bertz CT molecular complexity index is 734. The molecule has 0 bridgehead atoms. The van der Waals surface area contributed by atoms with Gasteiger partial charge in [-0.1, -0.05) is 23.9 Å². The van der Waals surface area contributed by atoms with Crippen molar-refractivity contribution in [2.75, 3.05) is 0 Å². The number of benzene rings is 2. The summed E-state index contributed by atoms with van der Waals surface area (Å²) in [4.78, 5) is 2.95. The summed E-state index contributed by atoms with van der Waals surface area (Å²) in [6, 6.07) is 15.9. The second-order valence-corrected chi connectivity index (χ2v) is 9.52. The Kier molecular flexibility index (Phi) is 7.74. The van der Waals surface area contributed by atoms with Crippen LogP contribution in [-0.2, 0) is 6.42 Å². The molecule has 0 radical (unpaired) electrons. The zero-order chi connectivity index (χ0) is 17.3. The number of quaternary nitrogens is 2. The predicted octanol–water partition coefficient (Wildman–Crippen LogP) is -1.97. The lowest BCUT2D eigenvalue weighted by Crippen LogP contribution is -3.00. The molecule has 2 aromatic carbocycles. The molecule has 2 saturated carbocycles. The van der Waals surface area contributed by atoms with E-state index in [4.69, 9.17) is 0 Å². The third kappa shape index (κ3) is 4.88. The van der Waals surface area contributed by atoms with E-state index in [9.17, 15) is 0 Å². The van der Waals surface area contributed by atoms with E-state index in [2.05, 4.69) is 47.0 Å². The molecule has 2 nitrogen and oxygen atoms in total.